The zero-order valence-corrected chi connectivity index (χ0v) is 7.31. The molecule has 0 aromatic carbocycles. The summed E-state index contributed by atoms with van der Waals surface area (Å²) in [6.45, 7) is 1.01. The molecule has 2 aliphatic rings. The van der Waals surface area contributed by atoms with Crippen molar-refractivity contribution in [2.24, 2.45) is 0 Å². The maximum absolute atomic E-state index is 11.7. The Morgan fingerprint density at radius 2 is 2.33 bits per heavy atom. The molecule has 2 nitrogen and oxygen atoms in total. The third-order valence-electron chi connectivity index (χ3n) is 2.95. The van der Waals surface area contributed by atoms with Crippen molar-refractivity contribution in [3.05, 3.63) is 12.2 Å². The highest BCUT2D eigenvalue weighted by atomic mass is 16.1. The molecule has 66 valence electrons. The van der Waals surface area contributed by atoms with Crippen LogP contribution in [0.15, 0.2) is 12.2 Å². The molecule has 1 aliphatic heterocycles. The van der Waals surface area contributed by atoms with Crippen molar-refractivity contribution in [1.82, 2.24) is 5.32 Å². The van der Waals surface area contributed by atoms with E-state index >= 15 is 0 Å². The van der Waals surface area contributed by atoms with E-state index in [0.717, 1.165) is 38.6 Å². The number of allylic oxidation sites excluding steroid dienone is 1. The lowest BCUT2D eigenvalue weighted by Gasteiger charge is -2.25. The van der Waals surface area contributed by atoms with E-state index in [9.17, 15) is 4.79 Å². The fourth-order valence-electron chi connectivity index (χ4n) is 2.19. The van der Waals surface area contributed by atoms with Crippen LogP contribution in [-0.4, -0.2) is 17.9 Å². The van der Waals surface area contributed by atoms with Crippen molar-refractivity contribution in [2.45, 2.75) is 37.6 Å². The molecule has 1 unspecified atom stereocenters. The fraction of sp³-hybridized carbons (Fsp3) is 0.700. The fourth-order valence-corrected chi connectivity index (χ4v) is 2.19. The SMILES string of the molecule is O=C1CCC=CCC12CCCN2. The number of carbonyl (C=O) groups excluding carboxylic acids is 1. The van der Waals surface area contributed by atoms with E-state index in [1.807, 2.05) is 0 Å². The summed E-state index contributed by atoms with van der Waals surface area (Å²) in [5, 5.41) is 3.36. The summed E-state index contributed by atoms with van der Waals surface area (Å²) in [5.74, 6) is 0.421. The van der Waals surface area contributed by atoms with Crippen LogP contribution in [-0.2, 0) is 4.79 Å². The smallest absolute Gasteiger partial charge is 0.153 e. The summed E-state index contributed by atoms with van der Waals surface area (Å²) in [4.78, 5) is 11.7. The summed E-state index contributed by atoms with van der Waals surface area (Å²) in [6, 6.07) is 0. The first kappa shape index (κ1) is 7.99. The Hall–Kier alpha value is -0.630. The average molecular weight is 165 g/mol. The number of carbonyl (C=O) groups is 1. The number of ketones is 1. The van der Waals surface area contributed by atoms with Gasteiger partial charge in [-0.05, 0) is 32.2 Å². The summed E-state index contributed by atoms with van der Waals surface area (Å²) < 4.78 is 0. The summed E-state index contributed by atoms with van der Waals surface area (Å²) in [5.41, 5.74) is -0.160. The molecule has 0 aromatic rings. The number of Topliss-reactive ketones (excluding diaryl/α,β-unsaturated/α-hetero) is 1. The van der Waals surface area contributed by atoms with Gasteiger partial charge < -0.3 is 5.32 Å². The molecule has 12 heavy (non-hydrogen) atoms. The molecular formula is C10H15NO. The van der Waals surface area contributed by atoms with Crippen LogP contribution in [0.3, 0.4) is 0 Å². The predicted octanol–water partition coefficient (Wildman–Crippen LogP) is 1.42. The Labute approximate surface area is 73.0 Å². The normalized spacial score (nSPS) is 35.8. The van der Waals surface area contributed by atoms with Crippen LogP contribution in [0.25, 0.3) is 0 Å². The van der Waals surface area contributed by atoms with Gasteiger partial charge in [-0.3, -0.25) is 4.79 Å². The highest BCUT2D eigenvalue weighted by Crippen LogP contribution is 2.28. The van der Waals surface area contributed by atoms with Gasteiger partial charge in [0, 0.05) is 6.42 Å². The number of nitrogens with one attached hydrogen (secondary N) is 1. The zero-order valence-electron chi connectivity index (χ0n) is 7.31. The maximum atomic E-state index is 11.7. The molecular weight excluding hydrogens is 150 g/mol. The second-order valence-corrected chi connectivity index (χ2v) is 3.75. The first-order valence-corrected chi connectivity index (χ1v) is 4.77. The quantitative estimate of drug-likeness (QED) is 0.550. The van der Waals surface area contributed by atoms with Gasteiger partial charge in [-0.25, -0.2) is 0 Å². The van der Waals surface area contributed by atoms with E-state index in [4.69, 9.17) is 0 Å². The van der Waals surface area contributed by atoms with Crippen molar-refractivity contribution >= 4 is 5.78 Å². The Bertz CT molecular complexity index is 214. The molecule has 0 saturated carbocycles. The number of hydrogen-bond acceptors (Lipinski definition) is 2. The first-order valence-electron chi connectivity index (χ1n) is 4.77. The molecule has 1 saturated heterocycles. The molecule has 1 atom stereocenters. The van der Waals surface area contributed by atoms with Crippen LogP contribution in [0.2, 0.25) is 0 Å². The minimum atomic E-state index is -0.160. The van der Waals surface area contributed by atoms with E-state index in [-0.39, 0.29) is 5.54 Å². The van der Waals surface area contributed by atoms with E-state index < -0.39 is 0 Å². The maximum Gasteiger partial charge on any atom is 0.153 e. The van der Waals surface area contributed by atoms with Crippen LogP contribution in [0, 0.1) is 0 Å². The predicted molar refractivity (Wildman–Crippen MR) is 48.0 cm³/mol. The molecule has 0 aromatic heterocycles. The van der Waals surface area contributed by atoms with E-state index in [1.165, 1.54) is 0 Å². The van der Waals surface area contributed by atoms with Crippen molar-refractivity contribution in [3.63, 3.8) is 0 Å². The third kappa shape index (κ3) is 1.20. The lowest BCUT2D eigenvalue weighted by atomic mass is 9.88. The van der Waals surface area contributed by atoms with Gasteiger partial charge in [0.25, 0.3) is 0 Å². The second-order valence-electron chi connectivity index (χ2n) is 3.75. The van der Waals surface area contributed by atoms with E-state index in [1.54, 1.807) is 0 Å². The Morgan fingerprint density at radius 1 is 1.42 bits per heavy atom. The largest absolute Gasteiger partial charge is 0.305 e. The highest BCUT2D eigenvalue weighted by molar-refractivity contribution is 5.89. The molecule has 2 heteroatoms. The molecule has 0 bridgehead atoms. The van der Waals surface area contributed by atoms with Gasteiger partial charge in [0.15, 0.2) is 5.78 Å². The van der Waals surface area contributed by atoms with Crippen molar-refractivity contribution in [2.75, 3.05) is 6.54 Å². The van der Waals surface area contributed by atoms with Gasteiger partial charge in [-0.2, -0.15) is 0 Å². The molecule has 0 radical (unpaired) electrons. The molecule has 1 fully saturated rings. The number of rotatable bonds is 0. The minimum absolute atomic E-state index is 0.160. The average Bonchev–Trinajstić information content (AvgIpc) is 2.45. The van der Waals surface area contributed by atoms with Gasteiger partial charge in [-0.1, -0.05) is 12.2 Å². The van der Waals surface area contributed by atoms with Gasteiger partial charge >= 0.3 is 0 Å². The van der Waals surface area contributed by atoms with Gasteiger partial charge in [0.05, 0.1) is 5.54 Å². The van der Waals surface area contributed by atoms with Crippen molar-refractivity contribution < 1.29 is 4.79 Å². The Morgan fingerprint density at radius 3 is 3.08 bits per heavy atom. The molecule has 1 heterocycles. The van der Waals surface area contributed by atoms with Crippen LogP contribution >= 0.6 is 0 Å². The third-order valence-corrected chi connectivity index (χ3v) is 2.95. The topological polar surface area (TPSA) is 29.1 Å². The highest BCUT2D eigenvalue weighted by Gasteiger charge is 2.39. The standard InChI is InChI=1S/C10H15NO/c12-9-5-2-1-3-6-10(9)7-4-8-11-10/h1,3,11H,2,4-8H2. The molecule has 1 aliphatic carbocycles. The van der Waals surface area contributed by atoms with Crippen LogP contribution < -0.4 is 5.32 Å². The second kappa shape index (κ2) is 3.02. The number of hydrogen-bond donors (Lipinski definition) is 1. The van der Waals surface area contributed by atoms with Gasteiger partial charge in [0.2, 0.25) is 0 Å². The Kier molecular flexibility index (Phi) is 2.01. The van der Waals surface area contributed by atoms with Gasteiger partial charge in [-0.15, -0.1) is 0 Å². The van der Waals surface area contributed by atoms with Crippen molar-refractivity contribution in [1.29, 1.82) is 0 Å². The van der Waals surface area contributed by atoms with Crippen molar-refractivity contribution in [3.8, 4) is 0 Å². The van der Waals surface area contributed by atoms with Crippen LogP contribution in [0.5, 0.6) is 0 Å². The van der Waals surface area contributed by atoms with Crippen LogP contribution in [0.4, 0.5) is 0 Å². The first-order chi connectivity index (χ1) is 5.83. The monoisotopic (exact) mass is 165 g/mol. The Balaban J connectivity index is 2.19. The lowest BCUT2D eigenvalue weighted by molar-refractivity contribution is -0.124. The summed E-state index contributed by atoms with van der Waals surface area (Å²) in [7, 11) is 0. The van der Waals surface area contributed by atoms with Crippen LogP contribution in [0.1, 0.15) is 32.1 Å². The van der Waals surface area contributed by atoms with Gasteiger partial charge in [0.1, 0.15) is 0 Å². The molecule has 1 spiro atoms. The van der Waals surface area contributed by atoms with E-state index in [2.05, 4.69) is 17.5 Å². The summed E-state index contributed by atoms with van der Waals surface area (Å²) in [6.07, 6.45) is 9.04. The lowest BCUT2D eigenvalue weighted by Crippen LogP contribution is -2.46. The summed E-state index contributed by atoms with van der Waals surface area (Å²) >= 11 is 0. The molecule has 0 amide bonds. The van der Waals surface area contributed by atoms with E-state index in [0.29, 0.717) is 5.78 Å². The minimum Gasteiger partial charge on any atom is -0.305 e. The molecule has 1 N–H and O–H groups in total. The zero-order chi connectivity index (χ0) is 8.44. The molecule has 2 rings (SSSR count).